The Bertz CT molecular complexity index is 593. The van der Waals surface area contributed by atoms with E-state index in [0.717, 1.165) is 18.6 Å². The Labute approximate surface area is 120 Å². The number of para-hydroxylation sites is 1. The van der Waals surface area contributed by atoms with E-state index in [1.165, 1.54) is 16.7 Å². The topological polar surface area (TPSA) is 35.2 Å². The van der Waals surface area contributed by atoms with Crippen LogP contribution in [-0.4, -0.2) is 6.61 Å². The van der Waals surface area contributed by atoms with Crippen LogP contribution in [0.2, 0.25) is 0 Å². The van der Waals surface area contributed by atoms with Crippen LogP contribution < -0.4 is 10.5 Å². The van der Waals surface area contributed by atoms with Crippen LogP contribution in [0.5, 0.6) is 5.75 Å². The number of hydrogen-bond acceptors (Lipinski definition) is 2. The van der Waals surface area contributed by atoms with Crippen molar-refractivity contribution < 1.29 is 4.74 Å². The molecular formula is C18H21NO. The summed E-state index contributed by atoms with van der Waals surface area (Å²) in [6.07, 6.45) is 2.27. The van der Waals surface area contributed by atoms with E-state index in [4.69, 9.17) is 10.5 Å². The van der Waals surface area contributed by atoms with E-state index in [0.29, 0.717) is 6.61 Å². The minimum Gasteiger partial charge on any atom is -0.493 e. The molecule has 0 fully saturated rings. The van der Waals surface area contributed by atoms with Crippen molar-refractivity contribution in [2.45, 2.75) is 31.7 Å². The minimum absolute atomic E-state index is 0.00421. The second-order valence-electron chi connectivity index (χ2n) is 5.48. The van der Waals surface area contributed by atoms with Gasteiger partial charge in [-0.2, -0.15) is 0 Å². The Balaban J connectivity index is 1.86. The lowest BCUT2D eigenvalue weighted by Crippen LogP contribution is -2.21. The van der Waals surface area contributed by atoms with Crippen LogP contribution in [0.3, 0.4) is 0 Å². The molecule has 2 aromatic rings. The van der Waals surface area contributed by atoms with Gasteiger partial charge in [-0.1, -0.05) is 55.8 Å². The van der Waals surface area contributed by atoms with Gasteiger partial charge in [-0.3, -0.25) is 0 Å². The Hall–Kier alpha value is -1.80. The SMILES string of the molecule is CCCc1cccc(C(N)C2COc3ccccc32)c1. The average molecular weight is 267 g/mol. The fraction of sp³-hybridized carbons (Fsp3) is 0.333. The summed E-state index contributed by atoms with van der Waals surface area (Å²) >= 11 is 0. The molecule has 0 radical (unpaired) electrons. The van der Waals surface area contributed by atoms with Gasteiger partial charge in [0.05, 0.1) is 6.61 Å². The van der Waals surface area contributed by atoms with E-state index in [1.54, 1.807) is 0 Å². The standard InChI is InChI=1S/C18H21NO/c1-2-6-13-7-5-8-14(11-13)18(19)16-12-20-17-10-4-3-9-15(16)17/h3-5,7-11,16,18H,2,6,12,19H2,1H3. The van der Waals surface area contributed by atoms with Gasteiger partial charge >= 0.3 is 0 Å². The van der Waals surface area contributed by atoms with E-state index in [-0.39, 0.29) is 12.0 Å². The normalized spacial score (nSPS) is 18.4. The second kappa shape index (κ2) is 5.68. The smallest absolute Gasteiger partial charge is 0.122 e. The van der Waals surface area contributed by atoms with Crippen molar-refractivity contribution in [2.24, 2.45) is 5.73 Å². The van der Waals surface area contributed by atoms with Gasteiger partial charge in [-0.25, -0.2) is 0 Å². The molecule has 0 saturated heterocycles. The lowest BCUT2D eigenvalue weighted by molar-refractivity contribution is 0.315. The average Bonchev–Trinajstić information content (AvgIpc) is 2.91. The van der Waals surface area contributed by atoms with Crippen molar-refractivity contribution in [3.8, 4) is 5.75 Å². The number of aryl methyl sites for hydroxylation is 1. The summed E-state index contributed by atoms with van der Waals surface area (Å²) in [7, 11) is 0. The summed E-state index contributed by atoms with van der Waals surface area (Å²) in [5.74, 6) is 1.24. The monoisotopic (exact) mass is 267 g/mol. The predicted octanol–water partition coefficient (Wildman–Crippen LogP) is 3.82. The lowest BCUT2D eigenvalue weighted by atomic mass is 9.88. The summed E-state index contributed by atoms with van der Waals surface area (Å²) < 4.78 is 5.75. The highest BCUT2D eigenvalue weighted by molar-refractivity contribution is 5.42. The first-order chi connectivity index (χ1) is 9.79. The summed E-state index contributed by atoms with van der Waals surface area (Å²) in [5.41, 5.74) is 10.3. The Kier molecular flexibility index (Phi) is 3.75. The summed E-state index contributed by atoms with van der Waals surface area (Å²) in [5, 5.41) is 0. The van der Waals surface area contributed by atoms with Crippen molar-refractivity contribution in [2.75, 3.05) is 6.61 Å². The number of rotatable bonds is 4. The van der Waals surface area contributed by atoms with Gasteiger partial charge in [0.25, 0.3) is 0 Å². The first-order valence-corrected chi connectivity index (χ1v) is 7.35. The molecule has 2 atom stereocenters. The molecule has 0 aromatic heterocycles. The maximum absolute atomic E-state index is 6.50. The highest BCUT2D eigenvalue weighted by Gasteiger charge is 2.29. The van der Waals surface area contributed by atoms with E-state index in [2.05, 4.69) is 43.3 Å². The fourth-order valence-corrected chi connectivity index (χ4v) is 2.96. The number of nitrogens with two attached hydrogens (primary N) is 1. The van der Waals surface area contributed by atoms with Crippen molar-refractivity contribution in [3.05, 3.63) is 65.2 Å². The molecule has 0 amide bonds. The number of fused-ring (bicyclic) bond motifs is 1. The van der Waals surface area contributed by atoms with Crippen molar-refractivity contribution in [1.29, 1.82) is 0 Å². The van der Waals surface area contributed by atoms with Gasteiger partial charge in [0, 0.05) is 17.5 Å². The zero-order chi connectivity index (χ0) is 13.9. The minimum atomic E-state index is -0.00421. The third kappa shape index (κ3) is 2.44. The number of ether oxygens (including phenoxy) is 1. The van der Waals surface area contributed by atoms with Gasteiger partial charge in [-0.05, 0) is 23.6 Å². The molecular weight excluding hydrogens is 246 g/mol. The summed E-state index contributed by atoms with van der Waals surface area (Å²) in [4.78, 5) is 0. The van der Waals surface area contributed by atoms with Gasteiger partial charge in [0.1, 0.15) is 5.75 Å². The largest absolute Gasteiger partial charge is 0.493 e. The Morgan fingerprint density at radius 1 is 1.20 bits per heavy atom. The van der Waals surface area contributed by atoms with E-state index < -0.39 is 0 Å². The fourth-order valence-electron chi connectivity index (χ4n) is 2.96. The second-order valence-corrected chi connectivity index (χ2v) is 5.48. The van der Waals surface area contributed by atoms with E-state index in [1.807, 2.05) is 12.1 Å². The molecule has 0 aliphatic carbocycles. The molecule has 2 nitrogen and oxygen atoms in total. The van der Waals surface area contributed by atoms with Crippen molar-refractivity contribution in [3.63, 3.8) is 0 Å². The Morgan fingerprint density at radius 3 is 2.90 bits per heavy atom. The van der Waals surface area contributed by atoms with Crippen LogP contribution in [-0.2, 0) is 6.42 Å². The maximum Gasteiger partial charge on any atom is 0.122 e. The van der Waals surface area contributed by atoms with Crippen molar-refractivity contribution >= 4 is 0 Å². The van der Waals surface area contributed by atoms with Crippen LogP contribution >= 0.6 is 0 Å². The molecule has 0 spiro atoms. The maximum atomic E-state index is 6.50. The van der Waals surface area contributed by atoms with Gasteiger partial charge in [0.15, 0.2) is 0 Å². The molecule has 104 valence electrons. The quantitative estimate of drug-likeness (QED) is 0.914. The molecule has 2 aromatic carbocycles. The van der Waals surface area contributed by atoms with E-state index in [9.17, 15) is 0 Å². The van der Waals surface area contributed by atoms with Gasteiger partial charge in [0.2, 0.25) is 0 Å². The molecule has 3 rings (SSSR count). The molecule has 20 heavy (non-hydrogen) atoms. The molecule has 1 aliphatic heterocycles. The molecule has 2 N–H and O–H groups in total. The zero-order valence-corrected chi connectivity index (χ0v) is 11.9. The Morgan fingerprint density at radius 2 is 2.05 bits per heavy atom. The third-order valence-electron chi connectivity index (χ3n) is 4.04. The lowest BCUT2D eigenvalue weighted by Gasteiger charge is -2.19. The predicted molar refractivity (Wildman–Crippen MR) is 82.0 cm³/mol. The van der Waals surface area contributed by atoms with Crippen LogP contribution in [0.4, 0.5) is 0 Å². The third-order valence-corrected chi connectivity index (χ3v) is 4.04. The number of benzene rings is 2. The highest BCUT2D eigenvalue weighted by atomic mass is 16.5. The first kappa shape index (κ1) is 13.2. The summed E-state index contributed by atoms with van der Waals surface area (Å²) in [6.45, 7) is 2.88. The van der Waals surface area contributed by atoms with Gasteiger partial charge in [-0.15, -0.1) is 0 Å². The van der Waals surface area contributed by atoms with E-state index >= 15 is 0 Å². The molecule has 0 saturated carbocycles. The molecule has 1 heterocycles. The molecule has 0 bridgehead atoms. The zero-order valence-electron chi connectivity index (χ0n) is 11.9. The van der Waals surface area contributed by atoms with Gasteiger partial charge < -0.3 is 10.5 Å². The summed E-state index contributed by atoms with van der Waals surface area (Å²) in [6, 6.07) is 16.9. The van der Waals surface area contributed by atoms with Crippen LogP contribution in [0.25, 0.3) is 0 Å². The molecule has 1 aliphatic rings. The highest BCUT2D eigenvalue weighted by Crippen LogP contribution is 2.40. The number of hydrogen-bond donors (Lipinski definition) is 1. The molecule has 2 heteroatoms. The first-order valence-electron chi connectivity index (χ1n) is 7.35. The van der Waals surface area contributed by atoms with Crippen molar-refractivity contribution in [1.82, 2.24) is 0 Å². The molecule has 2 unspecified atom stereocenters. The van der Waals surface area contributed by atoms with Crippen LogP contribution in [0.1, 0.15) is 42.0 Å². The van der Waals surface area contributed by atoms with Crippen LogP contribution in [0.15, 0.2) is 48.5 Å². The van der Waals surface area contributed by atoms with Crippen LogP contribution in [0, 0.1) is 0 Å².